The third-order valence-electron chi connectivity index (χ3n) is 5.33. The number of benzene rings is 1. The van der Waals surface area contributed by atoms with Gasteiger partial charge in [0.05, 0.1) is 7.11 Å². The van der Waals surface area contributed by atoms with Crippen molar-refractivity contribution in [3.8, 4) is 5.75 Å². The van der Waals surface area contributed by atoms with Gasteiger partial charge in [0, 0.05) is 36.5 Å². The molecule has 27 heavy (non-hydrogen) atoms. The number of amides is 1. The van der Waals surface area contributed by atoms with Crippen LogP contribution in [0.2, 0.25) is 0 Å². The molecule has 1 aromatic carbocycles. The average Bonchev–Trinajstić information content (AvgIpc) is 2.61. The Morgan fingerprint density at radius 2 is 2.00 bits per heavy atom. The normalized spacial score (nSPS) is 18.2. The lowest BCUT2D eigenvalue weighted by Gasteiger charge is -2.39. The number of likely N-dealkylation sites (tertiary alicyclic amines) is 1. The SMILES string of the molecule is COc1ccc(C(=O)CCC(=O)NC(C)(C)CN2CCCCC2C)c(C)c1. The number of aryl methyl sites for hydroxylation is 1. The van der Waals surface area contributed by atoms with Gasteiger partial charge in [0.15, 0.2) is 5.78 Å². The molecule has 0 bridgehead atoms. The van der Waals surface area contributed by atoms with Crippen molar-refractivity contribution < 1.29 is 14.3 Å². The minimum Gasteiger partial charge on any atom is -0.497 e. The van der Waals surface area contributed by atoms with Gasteiger partial charge in [-0.2, -0.15) is 0 Å². The van der Waals surface area contributed by atoms with Crippen molar-refractivity contribution in [1.29, 1.82) is 0 Å². The lowest BCUT2D eigenvalue weighted by atomic mass is 9.97. The fourth-order valence-electron chi connectivity index (χ4n) is 3.82. The van der Waals surface area contributed by atoms with E-state index in [0.29, 0.717) is 11.6 Å². The van der Waals surface area contributed by atoms with Gasteiger partial charge in [0.2, 0.25) is 5.91 Å². The number of nitrogens with one attached hydrogen (secondary N) is 1. The summed E-state index contributed by atoms with van der Waals surface area (Å²) in [6.07, 6.45) is 4.17. The van der Waals surface area contributed by atoms with Crippen LogP contribution in [0.4, 0.5) is 0 Å². The van der Waals surface area contributed by atoms with E-state index in [0.717, 1.165) is 24.4 Å². The van der Waals surface area contributed by atoms with Gasteiger partial charge in [-0.15, -0.1) is 0 Å². The van der Waals surface area contributed by atoms with E-state index >= 15 is 0 Å². The summed E-state index contributed by atoms with van der Waals surface area (Å²) >= 11 is 0. The minimum absolute atomic E-state index is 0.00670. The number of hydrogen-bond acceptors (Lipinski definition) is 4. The molecule has 0 aliphatic carbocycles. The Hall–Kier alpha value is -1.88. The molecule has 5 nitrogen and oxygen atoms in total. The maximum absolute atomic E-state index is 12.5. The van der Waals surface area contributed by atoms with Crippen LogP contribution in [0.5, 0.6) is 5.75 Å². The van der Waals surface area contributed by atoms with Gasteiger partial charge in [0.25, 0.3) is 0 Å². The average molecular weight is 375 g/mol. The molecule has 0 radical (unpaired) electrons. The van der Waals surface area contributed by atoms with Crippen LogP contribution < -0.4 is 10.1 Å². The van der Waals surface area contributed by atoms with Crippen molar-refractivity contribution in [3.63, 3.8) is 0 Å². The number of ketones is 1. The maximum Gasteiger partial charge on any atom is 0.220 e. The Morgan fingerprint density at radius 1 is 1.26 bits per heavy atom. The first-order valence-corrected chi connectivity index (χ1v) is 9.95. The molecular formula is C22H34N2O3. The summed E-state index contributed by atoms with van der Waals surface area (Å²) in [7, 11) is 1.60. The lowest BCUT2D eigenvalue weighted by Crippen LogP contribution is -2.54. The molecule has 1 atom stereocenters. The molecule has 1 aliphatic rings. The van der Waals surface area contributed by atoms with Gasteiger partial charge < -0.3 is 10.1 Å². The molecule has 1 N–H and O–H groups in total. The van der Waals surface area contributed by atoms with E-state index < -0.39 is 0 Å². The fraction of sp³-hybridized carbons (Fsp3) is 0.636. The van der Waals surface area contributed by atoms with Crippen molar-refractivity contribution in [2.75, 3.05) is 20.2 Å². The molecule has 1 aliphatic heterocycles. The van der Waals surface area contributed by atoms with Crippen LogP contribution in [0, 0.1) is 6.92 Å². The summed E-state index contributed by atoms with van der Waals surface area (Å²) in [6.45, 7) is 10.2. The van der Waals surface area contributed by atoms with Crippen molar-refractivity contribution in [2.45, 2.75) is 71.4 Å². The molecule has 5 heteroatoms. The van der Waals surface area contributed by atoms with E-state index in [9.17, 15) is 9.59 Å². The summed E-state index contributed by atoms with van der Waals surface area (Å²) in [4.78, 5) is 27.3. The van der Waals surface area contributed by atoms with Crippen LogP contribution in [-0.2, 0) is 4.79 Å². The Balaban J connectivity index is 1.84. The second-order valence-corrected chi connectivity index (χ2v) is 8.35. The number of carbonyl (C=O) groups is 2. The number of hydrogen-bond donors (Lipinski definition) is 1. The Labute approximate surface area is 163 Å². The monoisotopic (exact) mass is 374 g/mol. The highest BCUT2D eigenvalue weighted by atomic mass is 16.5. The van der Waals surface area contributed by atoms with Crippen LogP contribution >= 0.6 is 0 Å². The first-order chi connectivity index (χ1) is 12.7. The summed E-state index contributed by atoms with van der Waals surface area (Å²) in [5.74, 6) is 0.660. The third kappa shape index (κ3) is 6.35. The quantitative estimate of drug-likeness (QED) is 0.704. The Morgan fingerprint density at radius 3 is 2.63 bits per heavy atom. The van der Waals surface area contributed by atoms with Crippen LogP contribution in [0.15, 0.2) is 18.2 Å². The number of Topliss-reactive ketones (excluding diaryl/α,β-unsaturated/α-hetero) is 1. The van der Waals surface area contributed by atoms with Crippen LogP contribution in [0.1, 0.15) is 68.8 Å². The predicted octanol–water partition coefficient (Wildman–Crippen LogP) is 3.74. The number of methoxy groups -OCH3 is 1. The molecule has 1 saturated heterocycles. The second kappa shape index (κ2) is 9.36. The molecule has 1 unspecified atom stereocenters. The molecule has 1 heterocycles. The van der Waals surface area contributed by atoms with E-state index in [1.54, 1.807) is 19.2 Å². The highest BCUT2D eigenvalue weighted by molar-refractivity contribution is 5.99. The van der Waals surface area contributed by atoms with Gasteiger partial charge in [-0.3, -0.25) is 14.5 Å². The topological polar surface area (TPSA) is 58.6 Å². The summed E-state index contributed by atoms with van der Waals surface area (Å²) in [5, 5.41) is 3.11. The lowest BCUT2D eigenvalue weighted by molar-refractivity contribution is -0.123. The number of carbonyl (C=O) groups excluding carboxylic acids is 2. The van der Waals surface area contributed by atoms with Gasteiger partial charge in [-0.05, 0) is 70.8 Å². The smallest absolute Gasteiger partial charge is 0.220 e. The highest BCUT2D eigenvalue weighted by Gasteiger charge is 2.27. The van der Waals surface area contributed by atoms with Crippen LogP contribution in [-0.4, -0.2) is 48.4 Å². The molecule has 1 fully saturated rings. The van der Waals surface area contributed by atoms with E-state index in [1.807, 2.05) is 13.0 Å². The number of ether oxygens (including phenoxy) is 1. The summed E-state index contributed by atoms with van der Waals surface area (Å²) in [5.41, 5.74) is 1.23. The van der Waals surface area contributed by atoms with Gasteiger partial charge in [-0.1, -0.05) is 6.42 Å². The molecule has 0 saturated carbocycles. The maximum atomic E-state index is 12.5. The molecule has 1 aromatic rings. The fourth-order valence-corrected chi connectivity index (χ4v) is 3.82. The Bertz CT molecular complexity index is 670. The first-order valence-electron chi connectivity index (χ1n) is 9.95. The highest BCUT2D eigenvalue weighted by Crippen LogP contribution is 2.20. The van der Waals surface area contributed by atoms with E-state index in [-0.39, 0.29) is 30.1 Å². The van der Waals surface area contributed by atoms with Crippen molar-refractivity contribution >= 4 is 11.7 Å². The Kier molecular flexibility index (Phi) is 7.42. The standard InChI is InChI=1S/C22H34N2O3/c1-16-14-18(27-5)9-10-19(16)20(25)11-12-21(26)23-22(3,4)15-24-13-7-6-8-17(24)2/h9-10,14,17H,6-8,11-13,15H2,1-5H3,(H,23,26). The molecule has 1 amide bonds. The van der Waals surface area contributed by atoms with Crippen LogP contribution in [0.3, 0.4) is 0 Å². The molecule has 0 aromatic heterocycles. The number of rotatable bonds is 8. The van der Waals surface area contributed by atoms with E-state index in [2.05, 4.69) is 31.0 Å². The second-order valence-electron chi connectivity index (χ2n) is 8.35. The van der Waals surface area contributed by atoms with Crippen molar-refractivity contribution in [2.24, 2.45) is 0 Å². The first kappa shape index (κ1) is 21.4. The van der Waals surface area contributed by atoms with Gasteiger partial charge >= 0.3 is 0 Å². The van der Waals surface area contributed by atoms with Gasteiger partial charge in [0.1, 0.15) is 5.75 Å². The summed E-state index contributed by atoms with van der Waals surface area (Å²) in [6, 6.07) is 5.96. The number of piperidine rings is 1. The predicted molar refractivity (Wildman–Crippen MR) is 108 cm³/mol. The zero-order valence-corrected chi connectivity index (χ0v) is 17.4. The van der Waals surface area contributed by atoms with E-state index in [1.165, 1.54) is 19.3 Å². The summed E-state index contributed by atoms with van der Waals surface area (Å²) < 4.78 is 5.17. The third-order valence-corrected chi connectivity index (χ3v) is 5.33. The largest absolute Gasteiger partial charge is 0.497 e. The zero-order valence-electron chi connectivity index (χ0n) is 17.4. The van der Waals surface area contributed by atoms with Crippen molar-refractivity contribution in [3.05, 3.63) is 29.3 Å². The molecule has 0 spiro atoms. The zero-order chi connectivity index (χ0) is 20.0. The molecule has 150 valence electrons. The van der Waals surface area contributed by atoms with Gasteiger partial charge in [-0.25, -0.2) is 0 Å². The minimum atomic E-state index is -0.304. The number of nitrogens with zero attached hydrogens (tertiary/aromatic N) is 1. The molecule has 2 rings (SSSR count). The van der Waals surface area contributed by atoms with Crippen LogP contribution in [0.25, 0.3) is 0 Å². The van der Waals surface area contributed by atoms with E-state index in [4.69, 9.17) is 4.74 Å². The molecular weight excluding hydrogens is 340 g/mol. The van der Waals surface area contributed by atoms with Crippen molar-refractivity contribution in [1.82, 2.24) is 10.2 Å².